The standard InChI is InChI=1S/C24H32N6O3S/c1-4-7-34-24-26-22(25-17-10-16(17)14-6-5-12(2)13(3)8-14)19-23(27-24)30(29-28-19)18-9-15(11-31)20(32)21(18)33/h5-6,8,15-18,20-21,31-33H,4,7,9-11H2,1-3H3,(H,25,26,27). The molecule has 2 aliphatic carbocycles. The van der Waals surface area contributed by atoms with Crippen molar-refractivity contribution in [3.8, 4) is 0 Å². The maximum absolute atomic E-state index is 10.6. The molecule has 0 aliphatic heterocycles. The van der Waals surface area contributed by atoms with Crippen LogP contribution in [0.5, 0.6) is 0 Å². The molecule has 5 rings (SSSR count). The summed E-state index contributed by atoms with van der Waals surface area (Å²) in [7, 11) is 0. The lowest BCUT2D eigenvalue weighted by Crippen LogP contribution is -2.30. The van der Waals surface area contributed by atoms with Crippen LogP contribution in [-0.4, -0.2) is 70.9 Å². The Kier molecular flexibility index (Phi) is 6.49. The van der Waals surface area contributed by atoms with E-state index in [1.165, 1.54) is 16.7 Å². The van der Waals surface area contributed by atoms with E-state index in [1.54, 1.807) is 16.4 Å². The van der Waals surface area contributed by atoms with Crippen molar-refractivity contribution < 1.29 is 15.3 Å². The summed E-state index contributed by atoms with van der Waals surface area (Å²) < 4.78 is 1.59. The van der Waals surface area contributed by atoms with E-state index in [2.05, 4.69) is 54.6 Å². The number of aryl methyl sites for hydroxylation is 2. The van der Waals surface area contributed by atoms with Crippen LogP contribution in [0.2, 0.25) is 0 Å². The Morgan fingerprint density at radius 3 is 2.65 bits per heavy atom. The molecule has 10 heteroatoms. The number of fused-ring (bicyclic) bond motifs is 1. The van der Waals surface area contributed by atoms with Crippen LogP contribution in [0, 0.1) is 19.8 Å². The third-order valence-corrected chi connectivity index (χ3v) is 8.18. The van der Waals surface area contributed by atoms with Gasteiger partial charge in [-0.25, -0.2) is 14.6 Å². The van der Waals surface area contributed by atoms with Crippen molar-refractivity contribution in [3.63, 3.8) is 0 Å². The van der Waals surface area contributed by atoms with Crippen molar-refractivity contribution >= 4 is 28.7 Å². The number of rotatable bonds is 8. The Hall–Kier alpha value is -2.27. The van der Waals surface area contributed by atoms with Crippen LogP contribution < -0.4 is 5.32 Å². The molecule has 2 aromatic heterocycles. The van der Waals surface area contributed by atoms with E-state index in [9.17, 15) is 15.3 Å². The first-order chi connectivity index (χ1) is 16.4. The van der Waals surface area contributed by atoms with Gasteiger partial charge in [0.05, 0.1) is 12.1 Å². The molecule has 4 N–H and O–H groups in total. The normalized spacial score (nSPS) is 28.5. The van der Waals surface area contributed by atoms with Crippen molar-refractivity contribution in [3.05, 3.63) is 34.9 Å². The zero-order chi connectivity index (χ0) is 24.0. The monoisotopic (exact) mass is 484 g/mol. The van der Waals surface area contributed by atoms with E-state index in [0.29, 0.717) is 34.5 Å². The fourth-order valence-electron chi connectivity index (χ4n) is 4.81. The van der Waals surface area contributed by atoms with E-state index >= 15 is 0 Å². The molecule has 0 saturated heterocycles. The van der Waals surface area contributed by atoms with Gasteiger partial charge in [-0.15, -0.1) is 5.10 Å². The molecular weight excluding hydrogens is 452 g/mol. The molecule has 2 saturated carbocycles. The molecular formula is C24H32N6O3S. The predicted octanol–water partition coefficient (Wildman–Crippen LogP) is 2.58. The maximum atomic E-state index is 10.6. The van der Waals surface area contributed by atoms with Gasteiger partial charge in [0.2, 0.25) is 0 Å². The average Bonchev–Trinajstić information content (AvgIpc) is 3.37. The summed E-state index contributed by atoms with van der Waals surface area (Å²) in [6.45, 7) is 6.19. The van der Waals surface area contributed by atoms with Gasteiger partial charge in [0, 0.05) is 30.2 Å². The van der Waals surface area contributed by atoms with Gasteiger partial charge >= 0.3 is 0 Å². The molecule has 34 heavy (non-hydrogen) atoms. The second kappa shape index (κ2) is 9.41. The summed E-state index contributed by atoms with van der Waals surface area (Å²) in [5.74, 6) is 1.55. The fourth-order valence-corrected chi connectivity index (χ4v) is 5.50. The zero-order valence-electron chi connectivity index (χ0n) is 19.7. The lowest BCUT2D eigenvalue weighted by Gasteiger charge is -2.17. The van der Waals surface area contributed by atoms with Crippen molar-refractivity contribution in [2.45, 2.75) is 75.4 Å². The van der Waals surface area contributed by atoms with Gasteiger partial charge in [0.15, 0.2) is 22.1 Å². The second-order valence-corrected chi connectivity index (χ2v) is 10.6. The highest BCUT2D eigenvalue weighted by molar-refractivity contribution is 7.99. The van der Waals surface area contributed by atoms with E-state index in [4.69, 9.17) is 9.97 Å². The molecule has 0 bridgehead atoms. The fraction of sp³-hybridized carbons (Fsp3) is 0.583. The third kappa shape index (κ3) is 4.28. The number of aliphatic hydroxyl groups is 3. The minimum Gasteiger partial charge on any atom is -0.396 e. The number of aromatic nitrogens is 5. The summed E-state index contributed by atoms with van der Waals surface area (Å²) in [5.41, 5.74) is 5.01. The molecule has 0 amide bonds. The Bertz CT molecular complexity index is 1190. The van der Waals surface area contributed by atoms with Gasteiger partial charge in [0.1, 0.15) is 6.10 Å². The largest absolute Gasteiger partial charge is 0.396 e. The summed E-state index contributed by atoms with van der Waals surface area (Å²) in [6.07, 6.45) is 0.366. The van der Waals surface area contributed by atoms with Crippen LogP contribution in [0.3, 0.4) is 0 Å². The molecule has 1 aromatic carbocycles. The highest BCUT2D eigenvalue weighted by Crippen LogP contribution is 2.44. The number of hydrogen-bond donors (Lipinski definition) is 4. The van der Waals surface area contributed by atoms with E-state index in [1.807, 2.05) is 0 Å². The van der Waals surface area contributed by atoms with Crippen LogP contribution in [-0.2, 0) is 0 Å². The molecule has 2 heterocycles. The molecule has 0 spiro atoms. The summed E-state index contributed by atoms with van der Waals surface area (Å²) in [4.78, 5) is 9.47. The molecule has 182 valence electrons. The Balaban J connectivity index is 1.45. The van der Waals surface area contributed by atoms with E-state index in [0.717, 1.165) is 18.6 Å². The van der Waals surface area contributed by atoms with E-state index < -0.39 is 24.2 Å². The number of aliphatic hydroxyl groups excluding tert-OH is 3. The summed E-state index contributed by atoms with van der Waals surface area (Å²) in [5, 5.41) is 43.4. The third-order valence-electron chi connectivity index (χ3n) is 7.13. The number of nitrogens with zero attached hydrogens (tertiary/aromatic N) is 5. The Morgan fingerprint density at radius 1 is 1.12 bits per heavy atom. The lowest BCUT2D eigenvalue weighted by atomic mass is 10.0. The van der Waals surface area contributed by atoms with Gasteiger partial charge in [0.25, 0.3) is 0 Å². The van der Waals surface area contributed by atoms with Crippen molar-refractivity contribution in [2.24, 2.45) is 5.92 Å². The molecule has 6 atom stereocenters. The maximum Gasteiger partial charge on any atom is 0.191 e. The van der Waals surface area contributed by atoms with Crippen LogP contribution in [0.4, 0.5) is 5.82 Å². The highest BCUT2D eigenvalue weighted by atomic mass is 32.2. The number of nitrogens with one attached hydrogen (secondary N) is 1. The molecule has 2 aliphatic rings. The molecule has 6 unspecified atom stereocenters. The van der Waals surface area contributed by atoms with Gasteiger partial charge < -0.3 is 20.6 Å². The number of benzene rings is 1. The number of anilines is 1. The van der Waals surface area contributed by atoms with Crippen LogP contribution >= 0.6 is 11.8 Å². The lowest BCUT2D eigenvalue weighted by molar-refractivity contribution is -0.00512. The summed E-state index contributed by atoms with van der Waals surface area (Å²) >= 11 is 1.58. The Labute approximate surface area is 203 Å². The Morgan fingerprint density at radius 2 is 1.94 bits per heavy atom. The first kappa shape index (κ1) is 23.5. The molecule has 3 aromatic rings. The molecule has 2 fully saturated rings. The van der Waals surface area contributed by atoms with E-state index in [-0.39, 0.29) is 12.6 Å². The van der Waals surface area contributed by atoms with Crippen LogP contribution in [0.1, 0.15) is 54.8 Å². The topological polar surface area (TPSA) is 129 Å². The molecule has 0 radical (unpaired) electrons. The van der Waals surface area contributed by atoms with Gasteiger partial charge in [-0.05, 0) is 49.8 Å². The summed E-state index contributed by atoms with van der Waals surface area (Å²) in [6, 6.07) is 6.39. The first-order valence-corrected chi connectivity index (χ1v) is 13.0. The zero-order valence-corrected chi connectivity index (χ0v) is 20.5. The van der Waals surface area contributed by atoms with Crippen LogP contribution in [0.15, 0.2) is 23.4 Å². The van der Waals surface area contributed by atoms with Gasteiger partial charge in [-0.1, -0.05) is 42.1 Å². The smallest absolute Gasteiger partial charge is 0.191 e. The van der Waals surface area contributed by atoms with Gasteiger partial charge in [-0.3, -0.25) is 0 Å². The first-order valence-electron chi connectivity index (χ1n) is 12.0. The van der Waals surface area contributed by atoms with Crippen molar-refractivity contribution in [1.82, 2.24) is 25.0 Å². The number of thioether (sulfide) groups is 1. The number of hydrogen-bond acceptors (Lipinski definition) is 9. The van der Waals surface area contributed by atoms with Crippen LogP contribution in [0.25, 0.3) is 11.2 Å². The van der Waals surface area contributed by atoms with Crippen molar-refractivity contribution in [2.75, 3.05) is 17.7 Å². The second-order valence-electron chi connectivity index (χ2n) is 9.57. The predicted molar refractivity (Wildman–Crippen MR) is 131 cm³/mol. The minimum atomic E-state index is -1.04. The molecule has 9 nitrogen and oxygen atoms in total. The highest BCUT2D eigenvalue weighted by Gasteiger charge is 2.44. The van der Waals surface area contributed by atoms with Crippen molar-refractivity contribution in [1.29, 1.82) is 0 Å². The average molecular weight is 485 g/mol. The van der Waals surface area contributed by atoms with Gasteiger partial charge in [-0.2, -0.15) is 0 Å². The SMILES string of the molecule is CCCSc1nc(NC2CC2c2ccc(C)c(C)c2)c2nnn(C3CC(CO)C(O)C3O)c2n1. The quantitative estimate of drug-likeness (QED) is 0.282. The minimum absolute atomic E-state index is 0.192.